The zero-order valence-electron chi connectivity index (χ0n) is 4.71. The molecule has 0 saturated carbocycles. The molecule has 0 aromatic heterocycles. The molecular formula is C6H5Li. The SMILES string of the molecule is [C-]#CC#CCC.[Li+]. The van der Waals surface area contributed by atoms with Gasteiger partial charge in [-0.1, -0.05) is 6.92 Å². The third-order valence-corrected chi connectivity index (χ3v) is 0.328. The van der Waals surface area contributed by atoms with E-state index in [-0.39, 0.29) is 18.9 Å². The Kier molecular flexibility index (Phi) is 13.0. The Hall–Kier alpha value is -0.283. The molecule has 0 aliphatic heterocycles. The predicted molar refractivity (Wildman–Crippen MR) is 25.2 cm³/mol. The van der Waals surface area contributed by atoms with Gasteiger partial charge in [-0.05, 0) is 6.42 Å². The van der Waals surface area contributed by atoms with Crippen molar-refractivity contribution in [1.29, 1.82) is 0 Å². The molecule has 30 valence electrons. The Balaban J connectivity index is 0. The molecule has 0 unspecified atom stereocenters. The summed E-state index contributed by atoms with van der Waals surface area (Å²) in [7, 11) is 0. The standard InChI is InChI=1S/C6H5.Li/c1-3-5-6-4-2;/h3H2,1H3;/q-1;+1. The van der Waals surface area contributed by atoms with E-state index in [1.54, 1.807) is 0 Å². The van der Waals surface area contributed by atoms with Crippen LogP contribution < -0.4 is 18.9 Å². The molecule has 0 aliphatic rings. The van der Waals surface area contributed by atoms with Crippen LogP contribution in [0, 0.1) is 24.2 Å². The van der Waals surface area contributed by atoms with Crippen LogP contribution in [0.25, 0.3) is 0 Å². The molecule has 0 rings (SSSR count). The molecule has 0 amide bonds. The number of rotatable bonds is 0. The summed E-state index contributed by atoms with van der Waals surface area (Å²) in [5.74, 6) is 6.97. The maximum atomic E-state index is 6.28. The van der Waals surface area contributed by atoms with E-state index in [1.165, 1.54) is 0 Å². The number of hydrogen-bond acceptors (Lipinski definition) is 0. The van der Waals surface area contributed by atoms with Crippen molar-refractivity contribution in [2.75, 3.05) is 0 Å². The second-order valence-corrected chi connectivity index (χ2v) is 0.780. The Morgan fingerprint density at radius 2 is 2.14 bits per heavy atom. The van der Waals surface area contributed by atoms with E-state index in [0.717, 1.165) is 6.42 Å². The van der Waals surface area contributed by atoms with Gasteiger partial charge in [0.1, 0.15) is 0 Å². The van der Waals surface area contributed by atoms with Crippen LogP contribution in [0.4, 0.5) is 0 Å². The molecule has 7 heavy (non-hydrogen) atoms. The predicted octanol–water partition coefficient (Wildman–Crippen LogP) is -2.01. The smallest absolute Gasteiger partial charge is 0.358 e. The van der Waals surface area contributed by atoms with E-state index in [2.05, 4.69) is 11.8 Å². The van der Waals surface area contributed by atoms with Crippen LogP contribution in [0.2, 0.25) is 0 Å². The normalized spacial score (nSPS) is 4.00. The maximum absolute atomic E-state index is 6.28. The maximum Gasteiger partial charge on any atom is 1.00 e. The van der Waals surface area contributed by atoms with Gasteiger partial charge in [0.2, 0.25) is 0 Å². The third-order valence-electron chi connectivity index (χ3n) is 0.328. The summed E-state index contributed by atoms with van der Waals surface area (Å²) in [6, 6.07) is 0. The molecule has 0 radical (unpaired) electrons. The fraction of sp³-hybridized carbons (Fsp3) is 0.333. The molecule has 0 bridgehead atoms. The molecule has 1 heteroatoms. The minimum absolute atomic E-state index is 0. The van der Waals surface area contributed by atoms with Gasteiger partial charge in [0.15, 0.2) is 0 Å². The van der Waals surface area contributed by atoms with Crippen molar-refractivity contribution in [2.45, 2.75) is 13.3 Å². The van der Waals surface area contributed by atoms with Gasteiger partial charge in [-0.25, -0.2) is 5.92 Å². The third kappa shape index (κ3) is 10.7. The summed E-state index contributed by atoms with van der Waals surface area (Å²) in [5, 5.41) is 0. The quantitative estimate of drug-likeness (QED) is 0.181. The first-order chi connectivity index (χ1) is 2.91. The Morgan fingerprint density at radius 1 is 1.57 bits per heavy atom. The van der Waals surface area contributed by atoms with Gasteiger partial charge in [-0.3, -0.25) is 11.8 Å². The monoisotopic (exact) mass is 84.1 g/mol. The van der Waals surface area contributed by atoms with Crippen LogP contribution in [0.3, 0.4) is 0 Å². The van der Waals surface area contributed by atoms with Crippen LogP contribution in [-0.2, 0) is 0 Å². The van der Waals surface area contributed by atoms with Crippen molar-refractivity contribution >= 4 is 0 Å². The van der Waals surface area contributed by atoms with Crippen LogP contribution in [0.5, 0.6) is 0 Å². The summed E-state index contributed by atoms with van der Waals surface area (Å²) in [5.41, 5.74) is 0. The van der Waals surface area contributed by atoms with Gasteiger partial charge in [-0.2, -0.15) is 0 Å². The van der Waals surface area contributed by atoms with E-state index < -0.39 is 0 Å². The van der Waals surface area contributed by atoms with Crippen LogP contribution in [0.15, 0.2) is 0 Å². The second kappa shape index (κ2) is 9.21. The van der Waals surface area contributed by atoms with Gasteiger partial charge in [0, 0.05) is 0 Å². The summed E-state index contributed by atoms with van der Waals surface area (Å²) in [4.78, 5) is 0. The molecule has 0 aromatic carbocycles. The first kappa shape index (κ1) is 9.87. The van der Waals surface area contributed by atoms with Crippen molar-refractivity contribution in [2.24, 2.45) is 0 Å². The molecule has 0 aliphatic carbocycles. The molecule has 0 atom stereocenters. The van der Waals surface area contributed by atoms with Gasteiger partial charge >= 0.3 is 18.9 Å². The van der Waals surface area contributed by atoms with Crippen molar-refractivity contribution in [3.8, 4) is 17.8 Å². The van der Waals surface area contributed by atoms with Crippen molar-refractivity contribution in [1.82, 2.24) is 0 Å². The molecule has 0 nitrogen and oxygen atoms in total. The molecule has 0 heterocycles. The molecule has 0 saturated heterocycles. The zero-order valence-corrected chi connectivity index (χ0v) is 4.71. The summed E-state index contributed by atoms with van der Waals surface area (Å²) >= 11 is 0. The molecule has 0 fully saturated rings. The first-order valence-electron chi connectivity index (χ1n) is 1.81. The molecular weight excluding hydrogens is 79.0 g/mol. The molecule has 0 spiro atoms. The minimum atomic E-state index is 0. The average molecular weight is 84.0 g/mol. The Labute approximate surface area is 56.9 Å². The summed E-state index contributed by atoms with van der Waals surface area (Å²) in [6.45, 7) is 1.93. The van der Waals surface area contributed by atoms with Gasteiger partial charge in [-0.15, -0.1) is 0 Å². The van der Waals surface area contributed by atoms with Crippen molar-refractivity contribution in [3.63, 3.8) is 0 Å². The van der Waals surface area contributed by atoms with Crippen molar-refractivity contribution in [3.05, 3.63) is 6.42 Å². The van der Waals surface area contributed by atoms with E-state index in [0.29, 0.717) is 0 Å². The van der Waals surface area contributed by atoms with Crippen molar-refractivity contribution < 1.29 is 18.9 Å². The van der Waals surface area contributed by atoms with E-state index in [1.807, 2.05) is 12.8 Å². The van der Waals surface area contributed by atoms with Crippen LogP contribution in [-0.4, -0.2) is 0 Å². The van der Waals surface area contributed by atoms with E-state index in [4.69, 9.17) is 6.42 Å². The number of hydrogen-bond donors (Lipinski definition) is 0. The fourth-order valence-corrected chi connectivity index (χ4v) is 0.133. The fourth-order valence-electron chi connectivity index (χ4n) is 0.133. The average Bonchev–Trinajstić information content (AvgIpc) is 1.61. The Bertz CT molecular complexity index is 108. The van der Waals surface area contributed by atoms with Gasteiger partial charge in [0.05, 0.1) is 0 Å². The van der Waals surface area contributed by atoms with Crippen LogP contribution >= 0.6 is 0 Å². The minimum Gasteiger partial charge on any atom is -0.358 e. The van der Waals surface area contributed by atoms with E-state index >= 15 is 0 Å². The second-order valence-electron chi connectivity index (χ2n) is 0.780. The van der Waals surface area contributed by atoms with Crippen LogP contribution in [0.1, 0.15) is 13.3 Å². The van der Waals surface area contributed by atoms with Gasteiger partial charge in [0.25, 0.3) is 0 Å². The largest absolute Gasteiger partial charge is 1.00 e. The first-order valence-corrected chi connectivity index (χ1v) is 1.81. The van der Waals surface area contributed by atoms with Gasteiger partial charge < -0.3 is 6.42 Å². The molecule has 0 N–H and O–H groups in total. The molecule has 0 aromatic rings. The Morgan fingerprint density at radius 3 is 2.29 bits per heavy atom. The van der Waals surface area contributed by atoms with E-state index in [9.17, 15) is 0 Å². The topological polar surface area (TPSA) is 0 Å². The summed E-state index contributed by atoms with van der Waals surface area (Å²) in [6.07, 6.45) is 7.09. The zero-order chi connectivity index (χ0) is 4.83. The summed E-state index contributed by atoms with van der Waals surface area (Å²) < 4.78 is 0.